The van der Waals surface area contributed by atoms with Crippen LogP contribution in [0.25, 0.3) is 0 Å². The molecule has 2 nitrogen and oxygen atoms in total. The van der Waals surface area contributed by atoms with Crippen molar-refractivity contribution in [3.63, 3.8) is 0 Å². The molecule has 0 saturated heterocycles. The van der Waals surface area contributed by atoms with Crippen molar-refractivity contribution in [3.8, 4) is 0 Å². The number of rotatable bonds is 8. The maximum absolute atomic E-state index is 14.0. The third kappa shape index (κ3) is 4.53. The Balaban J connectivity index is 2.95. The van der Waals surface area contributed by atoms with Gasteiger partial charge >= 0.3 is 0 Å². The summed E-state index contributed by atoms with van der Waals surface area (Å²) in [6.07, 6.45) is 1.04. The van der Waals surface area contributed by atoms with Gasteiger partial charge in [-0.05, 0) is 39.4 Å². The van der Waals surface area contributed by atoms with Crippen molar-refractivity contribution in [2.45, 2.75) is 46.2 Å². The fraction of sp³-hybridized carbons (Fsp3) is 0.625. The highest BCUT2D eigenvalue weighted by Crippen LogP contribution is 2.21. The van der Waals surface area contributed by atoms with Crippen LogP contribution in [0.5, 0.6) is 0 Å². The summed E-state index contributed by atoms with van der Waals surface area (Å²) < 4.78 is 27.4. The van der Waals surface area contributed by atoms with E-state index in [-0.39, 0.29) is 6.04 Å². The molecule has 1 rings (SSSR count). The second-order valence-electron chi connectivity index (χ2n) is 5.34. The fourth-order valence-electron chi connectivity index (χ4n) is 2.39. The van der Waals surface area contributed by atoms with E-state index in [9.17, 15) is 8.78 Å². The maximum Gasteiger partial charge on any atom is 0.163 e. The van der Waals surface area contributed by atoms with Gasteiger partial charge in [0, 0.05) is 24.2 Å². The monoisotopic (exact) mass is 284 g/mol. The van der Waals surface area contributed by atoms with E-state index >= 15 is 0 Å². The summed E-state index contributed by atoms with van der Waals surface area (Å²) >= 11 is 0. The normalized spacial score (nSPS) is 13.2. The number of likely N-dealkylation sites (N-methyl/N-ethyl adjacent to an activating group) is 1. The molecule has 1 N–H and O–H groups in total. The molecular weight excluding hydrogens is 258 g/mol. The lowest BCUT2D eigenvalue weighted by atomic mass is 10.0. The summed E-state index contributed by atoms with van der Waals surface area (Å²) in [5, 5.41) is 3.26. The smallest absolute Gasteiger partial charge is 0.163 e. The Hall–Kier alpha value is -1.00. The molecule has 114 valence electrons. The van der Waals surface area contributed by atoms with Crippen LogP contribution in [0.1, 0.15) is 45.7 Å². The first kappa shape index (κ1) is 17.1. The third-order valence-electron chi connectivity index (χ3n) is 3.47. The van der Waals surface area contributed by atoms with Crippen molar-refractivity contribution in [2.75, 3.05) is 19.6 Å². The minimum absolute atomic E-state index is 0.190. The van der Waals surface area contributed by atoms with E-state index < -0.39 is 11.6 Å². The predicted molar refractivity (Wildman–Crippen MR) is 79.8 cm³/mol. The number of hydrogen-bond donors (Lipinski definition) is 1. The highest BCUT2D eigenvalue weighted by atomic mass is 19.2. The number of benzene rings is 1. The molecule has 0 bridgehead atoms. The Kier molecular flexibility index (Phi) is 7.10. The summed E-state index contributed by atoms with van der Waals surface area (Å²) in [5.74, 6) is -1.52. The van der Waals surface area contributed by atoms with E-state index in [1.807, 2.05) is 6.92 Å². The second kappa shape index (κ2) is 8.32. The van der Waals surface area contributed by atoms with Gasteiger partial charge < -0.3 is 5.32 Å². The standard InChI is InChI=1S/C16H26F2N2/c1-5-10-20(12(3)4)11-15(19-6-2)13-8-7-9-14(17)16(13)18/h7-9,12,15,19H,5-6,10-11H2,1-4H3. The van der Waals surface area contributed by atoms with Crippen LogP contribution in [0.3, 0.4) is 0 Å². The summed E-state index contributed by atoms with van der Waals surface area (Å²) in [5.41, 5.74) is 0.411. The second-order valence-corrected chi connectivity index (χ2v) is 5.34. The van der Waals surface area contributed by atoms with Crippen molar-refractivity contribution in [2.24, 2.45) is 0 Å². The predicted octanol–water partition coefficient (Wildman–Crippen LogP) is 3.74. The van der Waals surface area contributed by atoms with Crippen LogP contribution >= 0.6 is 0 Å². The van der Waals surface area contributed by atoms with E-state index in [0.29, 0.717) is 18.2 Å². The largest absolute Gasteiger partial charge is 0.309 e. The van der Waals surface area contributed by atoms with Crippen molar-refractivity contribution < 1.29 is 8.78 Å². The molecule has 0 aromatic heterocycles. The van der Waals surface area contributed by atoms with Gasteiger partial charge in [-0.3, -0.25) is 4.90 Å². The van der Waals surface area contributed by atoms with Gasteiger partial charge in [-0.2, -0.15) is 0 Å². The molecule has 0 heterocycles. The van der Waals surface area contributed by atoms with Gasteiger partial charge in [0.15, 0.2) is 11.6 Å². The Bertz CT molecular complexity index is 407. The number of hydrogen-bond acceptors (Lipinski definition) is 2. The maximum atomic E-state index is 14.0. The topological polar surface area (TPSA) is 15.3 Å². The van der Waals surface area contributed by atoms with E-state index in [1.165, 1.54) is 0 Å². The zero-order valence-electron chi connectivity index (χ0n) is 12.9. The van der Waals surface area contributed by atoms with Crippen LogP contribution in [0.4, 0.5) is 8.78 Å². The Labute approximate surface area is 121 Å². The number of nitrogens with zero attached hydrogens (tertiary/aromatic N) is 1. The molecule has 0 spiro atoms. The molecule has 0 radical (unpaired) electrons. The Morgan fingerprint density at radius 1 is 1.20 bits per heavy atom. The van der Waals surface area contributed by atoms with Crippen LogP contribution in [0.2, 0.25) is 0 Å². The average molecular weight is 284 g/mol. The Morgan fingerprint density at radius 3 is 2.45 bits per heavy atom. The fourth-order valence-corrected chi connectivity index (χ4v) is 2.39. The van der Waals surface area contributed by atoms with Crippen LogP contribution < -0.4 is 5.32 Å². The van der Waals surface area contributed by atoms with Crippen LogP contribution in [-0.2, 0) is 0 Å². The molecule has 0 saturated carbocycles. The molecule has 0 amide bonds. The van der Waals surface area contributed by atoms with Crippen molar-refractivity contribution in [3.05, 3.63) is 35.4 Å². The lowest BCUT2D eigenvalue weighted by Gasteiger charge is -2.31. The van der Waals surface area contributed by atoms with E-state index in [0.717, 1.165) is 25.6 Å². The van der Waals surface area contributed by atoms with Crippen LogP contribution in [-0.4, -0.2) is 30.6 Å². The molecule has 0 aliphatic heterocycles. The molecule has 1 atom stereocenters. The molecule has 1 aromatic rings. The van der Waals surface area contributed by atoms with Crippen molar-refractivity contribution in [1.29, 1.82) is 0 Å². The van der Waals surface area contributed by atoms with Gasteiger partial charge in [0.25, 0.3) is 0 Å². The number of halogens is 2. The quantitative estimate of drug-likeness (QED) is 0.782. The van der Waals surface area contributed by atoms with Gasteiger partial charge in [0.1, 0.15) is 0 Å². The van der Waals surface area contributed by atoms with E-state index in [4.69, 9.17) is 0 Å². The zero-order valence-corrected chi connectivity index (χ0v) is 12.9. The van der Waals surface area contributed by atoms with Gasteiger partial charge in [0.05, 0.1) is 0 Å². The first-order chi connectivity index (χ1) is 9.51. The highest BCUT2D eigenvalue weighted by molar-refractivity contribution is 5.23. The van der Waals surface area contributed by atoms with E-state index in [2.05, 4.69) is 31.0 Å². The Morgan fingerprint density at radius 2 is 1.90 bits per heavy atom. The van der Waals surface area contributed by atoms with E-state index in [1.54, 1.807) is 12.1 Å². The first-order valence-electron chi connectivity index (χ1n) is 7.42. The molecule has 0 aliphatic rings. The van der Waals surface area contributed by atoms with Crippen LogP contribution in [0.15, 0.2) is 18.2 Å². The molecule has 0 aliphatic carbocycles. The van der Waals surface area contributed by atoms with Gasteiger partial charge in [0.2, 0.25) is 0 Å². The summed E-state index contributed by atoms with van der Waals surface area (Å²) in [6, 6.07) is 4.58. The lowest BCUT2D eigenvalue weighted by Crippen LogP contribution is -2.40. The third-order valence-corrected chi connectivity index (χ3v) is 3.47. The SMILES string of the molecule is CCCN(CC(NCC)c1cccc(F)c1F)C(C)C. The molecule has 20 heavy (non-hydrogen) atoms. The van der Waals surface area contributed by atoms with Gasteiger partial charge in [-0.25, -0.2) is 8.78 Å². The van der Waals surface area contributed by atoms with Gasteiger partial charge in [-0.15, -0.1) is 0 Å². The summed E-state index contributed by atoms with van der Waals surface area (Å²) in [6.45, 7) is 10.7. The molecular formula is C16H26F2N2. The molecule has 4 heteroatoms. The van der Waals surface area contributed by atoms with Crippen LogP contribution in [0, 0.1) is 11.6 Å². The zero-order chi connectivity index (χ0) is 15.1. The lowest BCUT2D eigenvalue weighted by molar-refractivity contribution is 0.196. The minimum Gasteiger partial charge on any atom is -0.309 e. The number of nitrogens with one attached hydrogen (secondary N) is 1. The first-order valence-corrected chi connectivity index (χ1v) is 7.42. The van der Waals surface area contributed by atoms with Crippen molar-refractivity contribution in [1.82, 2.24) is 10.2 Å². The van der Waals surface area contributed by atoms with Crippen molar-refractivity contribution >= 4 is 0 Å². The summed E-state index contributed by atoms with van der Waals surface area (Å²) in [7, 11) is 0. The highest BCUT2D eigenvalue weighted by Gasteiger charge is 2.21. The molecule has 1 unspecified atom stereocenters. The molecule has 1 aromatic carbocycles. The average Bonchev–Trinajstić information content (AvgIpc) is 2.40. The minimum atomic E-state index is -0.781. The van der Waals surface area contributed by atoms with Gasteiger partial charge in [-0.1, -0.05) is 26.0 Å². The molecule has 0 fully saturated rings. The summed E-state index contributed by atoms with van der Waals surface area (Å²) in [4.78, 5) is 2.29.